The monoisotopic (exact) mass is 279 g/mol. The summed E-state index contributed by atoms with van der Waals surface area (Å²) in [7, 11) is 0. The molecule has 1 aromatic rings. The molecule has 0 saturated heterocycles. The minimum Gasteiger partial charge on any atom is -0.339 e. The molecule has 1 atom stereocenters. The molecule has 20 heavy (non-hydrogen) atoms. The van der Waals surface area contributed by atoms with E-state index in [4.69, 9.17) is 10.3 Å². The van der Waals surface area contributed by atoms with Crippen molar-refractivity contribution in [1.29, 1.82) is 0 Å². The molecule has 2 N–H and O–H groups in total. The van der Waals surface area contributed by atoms with Crippen molar-refractivity contribution in [3.05, 3.63) is 11.7 Å². The Bertz CT molecular complexity index is 404. The maximum absolute atomic E-state index is 5.86. The SMILES string of the molecule is CCCC1CCC(c2noc(C(C)(CC)CN)n2)CC1. The Morgan fingerprint density at radius 2 is 1.95 bits per heavy atom. The van der Waals surface area contributed by atoms with Crippen molar-refractivity contribution in [2.24, 2.45) is 11.7 Å². The highest BCUT2D eigenvalue weighted by Gasteiger charge is 2.32. The first kappa shape index (κ1) is 15.5. The van der Waals surface area contributed by atoms with Gasteiger partial charge in [0.05, 0.1) is 5.41 Å². The molecule has 1 aromatic heterocycles. The van der Waals surface area contributed by atoms with Crippen molar-refractivity contribution in [2.45, 2.75) is 77.0 Å². The topological polar surface area (TPSA) is 64.9 Å². The Morgan fingerprint density at radius 3 is 2.50 bits per heavy atom. The van der Waals surface area contributed by atoms with E-state index in [1.54, 1.807) is 0 Å². The van der Waals surface area contributed by atoms with E-state index in [1.165, 1.54) is 38.5 Å². The minimum absolute atomic E-state index is 0.176. The van der Waals surface area contributed by atoms with Crippen molar-refractivity contribution in [2.75, 3.05) is 6.54 Å². The van der Waals surface area contributed by atoms with Crippen LogP contribution < -0.4 is 5.73 Å². The molecular weight excluding hydrogens is 250 g/mol. The number of hydrogen-bond donors (Lipinski definition) is 1. The maximum atomic E-state index is 5.86. The smallest absolute Gasteiger partial charge is 0.233 e. The van der Waals surface area contributed by atoms with Gasteiger partial charge in [0.1, 0.15) is 0 Å². The van der Waals surface area contributed by atoms with E-state index in [-0.39, 0.29) is 5.41 Å². The molecule has 1 fully saturated rings. The fraction of sp³-hybridized carbons (Fsp3) is 0.875. The summed E-state index contributed by atoms with van der Waals surface area (Å²) in [5, 5.41) is 4.23. The molecule has 0 radical (unpaired) electrons. The van der Waals surface area contributed by atoms with Crippen LogP contribution in [0.2, 0.25) is 0 Å². The average Bonchev–Trinajstić information content (AvgIpc) is 2.98. The zero-order valence-electron chi connectivity index (χ0n) is 13.2. The number of rotatable bonds is 6. The lowest BCUT2D eigenvalue weighted by Gasteiger charge is -2.26. The number of nitrogens with zero attached hydrogens (tertiary/aromatic N) is 2. The van der Waals surface area contributed by atoms with Gasteiger partial charge in [-0.05, 0) is 44.9 Å². The Kier molecular flexibility index (Phi) is 5.19. The molecule has 1 heterocycles. The lowest BCUT2D eigenvalue weighted by Crippen LogP contribution is -2.31. The molecule has 1 aliphatic rings. The van der Waals surface area contributed by atoms with E-state index in [2.05, 4.69) is 30.9 Å². The van der Waals surface area contributed by atoms with E-state index in [0.717, 1.165) is 18.2 Å². The summed E-state index contributed by atoms with van der Waals surface area (Å²) in [5.74, 6) is 3.02. The van der Waals surface area contributed by atoms with Crippen LogP contribution >= 0.6 is 0 Å². The van der Waals surface area contributed by atoms with Crippen LogP contribution in [0.4, 0.5) is 0 Å². The first-order chi connectivity index (χ1) is 9.62. The third kappa shape index (κ3) is 3.22. The highest BCUT2D eigenvalue weighted by Crippen LogP contribution is 2.37. The summed E-state index contributed by atoms with van der Waals surface area (Å²) in [6, 6.07) is 0. The summed E-state index contributed by atoms with van der Waals surface area (Å²) >= 11 is 0. The fourth-order valence-electron chi connectivity index (χ4n) is 3.15. The first-order valence-corrected chi connectivity index (χ1v) is 8.17. The molecule has 4 heteroatoms. The van der Waals surface area contributed by atoms with Crippen molar-refractivity contribution in [3.63, 3.8) is 0 Å². The molecule has 114 valence electrons. The Hall–Kier alpha value is -0.900. The summed E-state index contributed by atoms with van der Waals surface area (Å²) < 4.78 is 5.50. The molecule has 1 aliphatic carbocycles. The van der Waals surface area contributed by atoms with Crippen LogP contribution in [-0.4, -0.2) is 16.7 Å². The van der Waals surface area contributed by atoms with Gasteiger partial charge in [-0.25, -0.2) is 0 Å². The van der Waals surface area contributed by atoms with Crippen molar-refractivity contribution in [3.8, 4) is 0 Å². The van der Waals surface area contributed by atoms with Gasteiger partial charge in [0, 0.05) is 12.5 Å². The second kappa shape index (κ2) is 6.70. The Labute approximate surface area is 122 Å². The second-order valence-electron chi connectivity index (χ2n) is 6.58. The predicted octanol–water partition coefficient (Wildman–Crippen LogP) is 3.77. The molecule has 0 spiro atoms. The molecule has 0 aliphatic heterocycles. The molecule has 0 amide bonds. The zero-order chi connectivity index (χ0) is 14.6. The third-order valence-corrected chi connectivity index (χ3v) is 5.10. The molecule has 1 saturated carbocycles. The fourth-order valence-corrected chi connectivity index (χ4v) is 3.15. The summed E-state index contributed by atoms with van der Waals surface area (Å²) in [4.78, 5) is 4.66. The van der Waals surface area contributed by atoms with Crippen LogP contribution in [-0.2, 0) is 5.41 Å². The molecule has 0 bridgehead atoms. The normalized spacial score (nSPS) is 26.4. The van der Waals surface area contributed by atoms with Gasteiger partial charge in [-0.1, -0.05) is 31.8 Å². The first-order valence-electron chi connectivity index (χ1n) is 8.17. The van der Waals surface area contributed by atoms with E-state index in [9.17, 15) is 0 Å². The number of aromatic nitrogens is 2. The molecule has 4 nitrogen and oxygen atoms in total. The molecular formula is C16H29N3O. The lowest BCUT2D eigenvalue weighted by molar-refractivity contribution is 0.279. The predicted molar refractivity (Wildman–Crippen MR) is 80.6 cm³/mol. The van der Waals surface area contributed by atoms with Crippen LogP contribution in [0.5, 0.6) is 0 Å². The van der Waals surface area contributed by atoms with Crippen LogP contribution in [0.15, 0.2) is 4.52 Å². The van der Waals surface area contributed by atoms with E-state index < -0.39 is 0 Å². The van der Waals surface area contributed by atoms with Gasteiger partial charge in [-0.15, -0.1) is 0 Å². The molecule has 0 aromatic carbocycles. The summed E-state index contributed by atoms with van der Waals surface area (Å²) in [5.41, 5.74) is 5.69. The van der Waals surface area contributed by atoms with Crippen LogP contribution in [0.3, 0.4) is 0 Å². The quantitative estimate of drug-likeness (QED) is 0.861. The van der Waals surface area contributed by atoms with Crippen LogP contribution in [0.25, 0.3) is 0 Å². The van der Waals surface area contributed by atoms with Crippen LogP contribution in [0.1, 0.15) is 83.3 Å². The zero-order valence-corrected chi connectivity index (χ0v) is 13.2. The van der Waals surface area contributed by atoms with Gasteiger partial charge in [0.15, 0.2) is 5.82 Å². The molecule has 1 unspecified atom stereocenters. The van der Waals surface area contributed by atoms with E-state index >= 15 is 0 Å². The Morgan fingerprint density at radius 1 is 1.25 bits per heavy atom. The van der Waals surface area contributed by atoms with Crippen molar-refractivity contribution < 1.29 is 4.52 Å². The van der Waals surface area contributed by atoms with Gasteiger partial charge in [0.25, 0.3) is 0 Å². The molecule has 2 rings (SSSR count). The van der Waals surface area contributed by atoms with E-state index in [1.807, 2.05) is 0 Å². The minimum atomic E-state index is -0.176. The van der Waals surface area contributed by atoms with Gasteiger partial charge in [-0.3, -0.25) is 0 Å². The number of nitrogens with two attached hydrogens (primary N) is 1. The number of hydrogen-bond acceptors (Lipinski definition) is 4. The van der Waals surface area contributed by atoms with Crippen molar-refractivity contribution in [1.82, 2.24) is 10.1 Å². The Balaban J connectivity index is 2.00. The lowest BCUT2D eigenvalue weighted by atomic mass is 9.80. The summed E-state index contributed by atoms with van der Waals surface area (Å²) in [6.45, 7) is 7.04. The van der Waals surface area contributed by atoms with Crippen LogP contribution in [0, 0.1) is 5.92 Å². The largest absolute Gasteiger partial charge is 0.339 e. The van der Waals surface area contributed by atoms with Gasteiger partial charge in [-0.2, -0.15) is 4.98 Å². The second-order valence-corrected chi connectivity index (χ2v) is 6.58. The highest BCUT2D eigenvalue weighted by molar-refractivity contribution is 5.06. The van der Waals surface area contributed by atoms with Gasteiger partial charge in [0.2, 0.25) is 5.89 Å². The van der Waals surface area contributed by atoms with Gasteiger partial charge >= 0.3 is 0 Å². The highest BCUT2D eigenvalue weighted by atomic mass is 16.5. The standard InChI is InChI=1S/C16H29N3O/c1-4-6-12-7-9-13(10-8-12)14-18-15(20-19-14)16(3,5-2)11-17/h12-13H,4-11,17H2,1-3H3. The van der Waals surface area contributed by atoms with E-state index in [0.29, 0.717) is 18.4 Å². The average molecular weight is 279 g/mol. The van der Waals surface area contributed by atoms with Gasteiger partial charge < -0.3 is 10.3 Å². The van der Waals surface area contributed by atoms with Crippen molar-refractivity contribution >= 4 is 0 Å². The third-order valence-electron chi connectivity index (χ3n) is 5.10. The maximum Gasteiger partial charge on any atom is 0.233 e. The summed E-state index contributed by atoms with van der Waals surface area (Å²) in [6.07, 6.45) is 8.62.